The summed E-state index contributed by atoms with van der Waals surface area (Å²) in [6, 6.07) is 0. The monoisotopic (exact) mass is 192 g/mol. The second-order valence-corrected chi connectivity index (χ2v) is 3.28. The molecule has 0 saturated carbocycles. The van der Waals surface area contributed by atoms with Gasteiger partial charge in [-0.1, -0.05) is 38.3 Å². The van der Waals surface area contributed by atoms with Gasteiger partial charge in [-0.3, -0.25) is 4.79 Å². The van der Waals surface area contributed by atoms with E-state index in [1.807, 2.05) is 19.1 Å². The Balaban J connectivity index is 3.62. The number of unbranched alkanes of at least 4 members (excludes halogenated alkanes) is 1. The van der Waals surface area contributed by atoms with E-state index in [1.165, 1.54) is 5.57 Å². The molecule has 14 heavy (non-hydrogen) atoms. The summed E-state index contributed by atoms with van der Waals surface area (Å²) in [5, 5.41) is 0. The topological polar surface area (TPSA) is 17.1 Å². The summed E-state index contributed by atoms with van der Waals surface area (Å²) >= 11 is 0. The summed E-state index contributed by atoms with van der Waals surface area (Å²) in [5.74, 6) is 0.359. The number of allylic oxidation sites excluding steroid dienone is 4. The minimum atomic E-state index is 0.359. The molecule has 0 heterocycles. The van der Waals surface area contributed by atoms with E-state index >= 15 is 0 Å². The van der Waals surface area contributed by atoms with E-state index in [0.29, 0.717) is 12.2 Å². The first-order chi connectivity index (χ1) is 6.74. The molecule has 0 aromatic carbocycles. The van der Waals surface area contributed by atoms with Crippen LogP contribution in [0.1, 0.15) is 39.0 Å². The van der Waals surface area contributed by atoms with Crippen LogP contribution in [0, 0.1) is 0 Å². The standard InChI is InChI=1S/C13H20O/c1-4-9-12(5-2)10-7-8-11-13(14)6-3/h4-5,9H,1-2,6-8,10-11H2,3H3/b12-9+. The lowest BCUT2D eigenvalue weighted by Gasteiger charge is -2.00. The van der Waals surface area contributed by atoms with E-state index in [-0.39, 0.29) is 0 Å². The van der Waals surface area contributed by atoms with Crippen molar-refractivity contribution in [1.82, 2.24) is 0 Å². The van der Waals surface area contributed by atoms with Crippen molar-refractivity contribution < 1.29 is 4.79 Å². The van der Waals surface area contributed by atoms with Crippen LogP contribution in [-0.2, 0) is 4.79 Å². The van der Waals surface area contributed by atoms with Crippen LogP contribution in [-0.4, -0.2) is 5.78 Å². The smallest absolute Gasteiger partial charge is 0.132 e. The molecule has 1 nitrogen and oxygen atoms in total. The number of hydrogen-bond donors (Lipinski definition) is 0. The average molecular weight is 192 g/mol. The molecule has 0 fully saturated rings. The van der Waals surface area contributed by atoms with Gasteiger partial charge in [0.15, 0.2) is 0 Å². The molecule has 0 aliphatic rings. The highest BCUT2D eigenvalue weighted by Gasteiger charge is 1.98. The van der Waals surface area contributed by atoms with Crippen molar-refractivity contribution in [2.75, 3.05) is 0 Å². The van der Waals surface area contributed by atoms with Crippen molar-refractivity contribution in [2.24, 2.45) is 0 Å². The van der Waals surface area contributed by atoms with Gasteiger partial charge in [0, 0.05) is 12.8 Å². The third kappa shape index (κ3) is 6.41. The zero-order valence-electron chi connectivity index (χ0n) is 9.09. The van der Waals surface area contributed by atoms with Crippen LogP contribution in [0.25, 0.3) is 0 Å². The van der Waals surface area contributed by atoms with Gasteiger partial charge in [0.2, 0.25) is 0 Å². The molecule has 0 atom stereocenters. The molecule has 0 aliphatic heterocycles. The molecule has 1 heteroatoms. The van der Waals surface area contributed by atoms with Crippen LogP contribution in [0.2, 0.25) is 0 Å². The van der Waals surface area contributed by atoms with Gasteiger partial charge in [-0.25, -0.2) is 0 Å². The van der Waals surface area contributed by atoms with E-state index in [9.17, 15) is 4.79 Å². The zero-order chi connectivity index (χ0) is 10.8. The van der Waals surface area contributed by atoms with Crippen molar-refractivity contribution in [3.05, 3.63) is 37.0 Å². The maximum absolute atomic E-state index is 11.0. The fourth-order valence-corrected chi connectivity index (χ4v) is 1.23. The summed E-state index contributed by atoms with van der Waals surface area (Å²) < 4.78 is 0. The van der Waals surface area contributed by atoms with Crippen molar-refractivity contribution in [1.29, 1.82) is 0 Å². The van der Waals surface area contributed by atoms with Crippen molar-refractivity contribution in [3.8, 4) is 0 Å². The Morgan fingerprint density at radius 2 is 1.86 bits per heavy atom. The quantitative estimate of drug-likeness (QED) is 0.422. The van der Waals surface area contributed by atoms with E-state index in [0.717, 1.165) is 25.7 Å². The van der Waals surface area contributed by atoms with E-state index in [2.05, 4.69) is 13.2 Å². The predicted octanol–water partition coefficient (Wildman–Crippen LogP) is 3.82. The minimum absolute atomic E-state index is 0.359. The van der Waals surface area contributed by atoms with Gasteiger partial charge < -0.3 is 0 Å². The summed E-state index contributed by atoms with van der Waals surface area (Å²) in [4.78, 5) is 11.0. The minimum Gasteiger partial charge on any atom is -0.300 e. The van der Waals surface area contributed by atoms with Gasteiger partial charge in [-0.2, -0.15) is 0 Å². The second-order valence-electron chi connectivity index (χ2n) is 3.28. The van der Waals surface area contributed by atoms with Gasteiger partial charge in [-0.05, 0) is 24.8 Å². The molecule has 0 N–H and O–H groups in total. The van der Waals surface area contributed by atoms with Crippen molar-refractivity contribution >= 4 is 5.78 Å². The third-order valence-corrected chi connectivity index (χ3v) is 2.16. The molecule has 0 aromatic heterocycles. The molecule has 78 valence electrons. The maximum atomic E-state index is 11.0. The van der Waals surface area contributed by atoms with E-state index in [1.54, 1.807) is 6.08 Å². The Morgan fingerprint density at radius 3 is 2.36 bits per heavy atom. The van der Waals surface area contributed by atoms with Gasteiger partial charge in [-0.15, -0.1) is 0 Å². The fraction of sp³-hybridized carbons (Fsp3) is 0.462. The fourth-order valence-electron chi connectivity index (χ4n) is 1.23. The maximum Gasteiger partial charge on any atom is 0.132 e. The lowest BCUT2D eigenvalue weighted by molar-refractivity contribution is -0.118. The van der Waals surface area contributed by atoms with Crippen LogP contribution in [0.4, 0.5) is 0 Å². The molecule has 0 rings (SSSR count). The number of ketones is 1. The highest BCUT2D eigenvalue weighted by atomic mass is 16.1. The normalized spacial score (nSPS) is 11.1. The molecule has 0 bridgehead atoms. The van der Waals surface area contributed by atoms with Crippen LogP contribution in [0.3, 0.4) is 0 Å². The summed E-state index contributed by atoms with van der Waals surface area (Å²) in [6.07, 6.45) is 10.00. The summed E-state index contributed by atoms with van der Waals surface area (Å²) in [7, 11) is 0. The van der Waals surface area contributed by atoms with Crippen LogP contribution < -0.4 is 0 Å². The van der Waals surface area contributed by atoms with Gasteiger partial charge >= 0.3 is 0 Å². The molecule has 0 radical (unpaired) electrons. The number of Topliss-reactive ketones (excluding diaryl/α,β-unsaturated/α-hetero) is 1. The average Bonchev–Trinajstić information content (AvgIpc) is 2.22. The molecular formula is C13H20O. The first kappa shape index (κ1) is 12.9. The molecule has 0 aromatic rings. The van der Waals surface area contributed by atoms with Crippen molar-refractivity contribution in [3.63, 3.8) is 0 Å². The predicted molar refractivity (Wildman–Crippen MR) is 62.2 cm³/mol. The number of carbonyl (C=O) groups is 1. The molecule has 0 amide bonds. The van der Waals surface area contributed by atoms with Crippen LogP contribution >= 0.6 is 0 Å². The highest BCUT2D eigenvalue weighted by Crippen LogP contribution is 2.10. The Kier molecular flexibility index (Phi) is 7.81. The lowest BCUT2D eigenvalue weighted by atomic mass is 10.1. The number of carbonyl (C=O) groups excluding carboxylic acids is 1. The van der Waals surface area contributed by atoms with E-state index in [4.69, 9.17) is 0 Å². The van der Waals surface area contributed by atoms with Gasteiger partial charge in [0.1, 0.15) is 5.78 Å². The molecule has 0 aliphatic carbocycles. The molecule has 0 spiro atoms. The molecule has 0 unspecified atom stereocenters. The zero-order valence-corrected chi connectivity index (χ0v) is 9.09. The Bertz CT molecular complexity index is 223. The Labute approximate surface area is 87.2 Å². The summed E-state index contributed by atoms with van der Waals surface area (Å²) in [5.41, 5.74) is 1.20. The van der Waals surface area contributed by atoms with Crippen LogP contribution in [0.5, 0.6) is 0 Å². The lowest BCUT2D eigenvalue weighted by Crippen LogP contribution is -1.94. The Hall–Kier alpha value is -1.11. The van der Waals surface area contributed by atoms with E-state index < -0.39 is 0 Å². The Morgan fingerprint density at radius 1 is 1.21 bits per heavy atom. The van der Waals surface area contributed by atoms with Gasteiger partial charge in [0.05, 0.1) is 0 Å². The first-order valence-corrected chi connectivity index (χ1v) is 5.20. The second kappa shape index (κ2) is 8.49. The third-order valence-electron chi connectivity index (χ3n) is 2.16. The summed E-state index contributed by atoms with van der Waals surface area (Å²) in [6.45, 7) is 9.28. The van der Waals surface area contributed by atoms with Crippen molar-refractivity contribution in [2.45, 2.75) is 39.0 Å². The molecular weight excluding hydrogens is 172 g/mol. The van der Waals surface area contributed by atoms with Crippen LogP contribution in [0.15, 0.2) is 37.0 Å². The van der Waals surface area contributed by atoms with Gasteiger partial charge in [0.25, 0.3) is 0 Å². The number of hydrogen-bond acceptors (Lipinski definition) is 1. The number of rotatable bonds is 8. The largest absolute Gasteiger partial charge is 0.300 e. The highest BCUT2D eigenvalue weighted by molar-refractivity contribution is 5.77. The SMILES string of the molecule is C=C/C=C(\C=C)CCCCC(=O)CC. The first-order valence-electron chi connectivity index (χ1n) is 5.20. The molecule has 0 saturated heterocycles.